The lowest BCUT2D eigenvalue weighted by Gasteiger charge is -2.11. The van der Waals surface area contributed by atoms with E-state index in [4.69, 9.17) is 13.9 Å². The number of carbonyl (C=O) groups excluding carboxylic acids is 3. The van der Waals surface area contributed by atoms with Gasteiger partial charge in [-0.25, -0.2) is 0 Å². The van der Waals surface area contributed by atoms with Crippen LogP contribution in [0.1, 0.15) is 17.5 Å². The Hall–Kier alpha value is -4.27. The summed E-state index contributed by atoms with van der Waals surface area (Å²) in [7, 11) is 0. The van der Waals surface area contributed by atoms with Gasteiger partial charge in [0.25, 0.3) is 17.7 Å². The fourth-order valence-corrected chi connectivity index (χ4v) is 2.67. The van der Waals surface area contributed by atoms with E-state index in [1.54, 1.807) is 60.7 Å². The van der Waals surface area contributed by atoms with Crippen molar-refractivity contribution in [3.05, 3.63) is 72.7 Å². The van der Waals surface area contributed by atoms with Crippen LogP contribution in [0.15, 0.2) is 71.3 Å². The predicted octanol–water partition coefficient (Wildman–Crippen LogP) is 3.06. The third-order valence-corrected chi connectivity index (χ3v) is 4.07. The average molecular weight is 437 g/mol. The monoisotopic (exact) mass is 437 g/mol. The van der Waals surface area contributed by atoms with Crippen LogP contribution in [0.2, 0.25) is 0 Å². The van der Waals surface area contributed by atoms with Crippen LogP contribution in [0.5, 0.6) is 11.5 Å². The molecular formula is C23H23N3O6. The van der Waals surface area contributed by atoms with Gasteiger partial charge in [0.15, 0.2) is 19.0 Å². The Morgan fingerprint density at radius 3 is 2.03 bits per heavy atom. The van der Waals surface area contributed by atoms with Gasteiger partial charge in [0.2, 0.25) is 0 Å². The molecule has 3 amide bonds. The second-order valence-corrected chi connectivity index (χ2v) is 6.57. The summed E-state index contributed by atoms with van der Waals surface area (Å²) in [4.78, 5) is 35.8. The molecule has 0 atom stereocenters. The van der Waals surface area contributed by atoms with Crippen LogP contribution in [-0.4, -0.2) is 37.5 Å². The van der Waals surface area contributed by atoms with E-state index in [0.717, 1.165) is 0 Å². The van der Waals surface area contributed by atoms with Crippen molar-refractivity contribution in [2.24, 2.45) is 0 Å². The SMILES string of the molecule is CCNC(=O)COc1cccc(NC(=O)COc2cccc(NC(=O)c3ccco3)c2)c1. The summed E-state index contributed by atoms with van der Waals surface area (Å²) in [5.41, 5.74) is 1.01. The molecule has 0 saturated carbocycles. The summed E-state index contributed by atoms with van der Waals surface area (Å²) in [6.07, 6.45) is 1.41. The highest BCUT2D eigenvalue weighted by Crippen LogP contribution is 2.19. The van der Waals surface area contributed by atoms with E-state index in [9.17, 15) is 14.4 Å². The maximum absolute atomic E-state index is 12.2. The number of ether oxygens (including phenoxy) is 2. The molecule has 0 unspecified atom stereocenters. The number of rotatable bonds is 10. The van der Waals surface area contributed by atoms with Gasteiger partial charge < -0.3 is 29.8 Å². The van der Waals surface area contributed by atoms with Gasteiger partial charge in [0, 0.05) is 30.1 Å². The minimum Gasteiger partial charge on any atom is -0.484 e. The lowest BCUT2D eigenvalue weighted by Crippen LogP contribution is -2.28. The zero-order valence-electron chi connectivity index (χ0n) is 17.4. The Kier molecular flexibility index (Phi) is 7.85. The molecule has 9 heteroatoms. The number of benzene rings is 2. The van der Waals surface area contributed by atoms with E-state index >= 15 is 0 Å². The molecule has 0 spiro atoms. The summed E-state index contributed by atoms with van der Waals surface area (Å²) < 4.78 is 16.0. The number of hydrogen-bond donors (Lipinski definition) is 3. The van der Waals surface area contributed by atoms with Crippen LogP contribution in [0.4, 0.5) is 11.4 Å². The number of amides is 3. The van der Waals surface area contributed by atoms with Gasteiger partial charge in [0.1, 0.15) is 11.5 Å². The van der Waals surface area contributed by atoms with Crippen molar-refractivity contribution in [2.45, 2.75) is 6.92 Å². The van der Waals surface area contributed by atoms with Crippen molar-refractivity contribution in [2.75, 3.05) is 30.4 Å². The van der Waals surface area contributed by atoms with Crippen LogP contribution in [0.3, 0.4) is 0 Å². The molecule has 2 aromatic carbocycles. The first-order valence-electron chi connectivity index (χ1n) is 9.90. The first-order valence-corrected chi connectivity index (χ1v) is 9.90. The number of carbonyl (C=O) groups is 3. The molecule has 3 aromatic rings. The predicted molar refractivity (Wildman–Crippen MR) is 118 cm³/mol. The molecule has 3 N–H and O–H groups in total. The summed E-state index contributed by atoms with van der Waals surface area (Å²) in [5.74, 6) is 0.0623. The second-order valence-electron chi connectivity index (χ2n) is 6.57. The van der Waals surface area contributed by atoms with Gasteiger partial charge >= 0.3 is 0 Å². The molecule has 0 radical (unpaired) electrons. The lowest BCUT2D eigenvalue weighted by atomic mass is 10.3. The number of anilines is 2. The molecule has 0 saturated heterocycles. The molecule has 1 aromatic heterocycles. The third kappa shape index (κ3) is 6.91. The van der Waals surface area contributed by atoms with Crippen molar-refractivity contribution >= 4 is 29.1 Å². The smallest absolute Gasteiger partial charge is 0.291 e. The van der Waals surface area contributed by atoms with Crippen LogP contribution >= 0.6 is 0 Å². The van der Waals surface area contributed by atoms with Crippen molar-refractivity contribution in [3.63, 3.8) is 0 Å². The summed E-state index contributed by atoms with van der Waals surface area (Å²) in [5, 5.41) is 8.03. The maximum Gasteiger partial charge on any atom is 0.291 e. The molecule has 0 aliphatic carbocycles. The highest BCUT2D eigenvalue weighted by molar-refractivity contribution is 6.02. The first kappa shape index (κ1) is 22.4. The van der Waals surface area contributed by atoms with Crippen LogP contribution in [-0.2, 0) is 9.59 Å². The quantitative estimate of drug-likeness (QED) is 0.449. The second kappa shape index (κ2) is 11.2. The zero-order valence-corrected chi connectivity index (χ0v) is 17.4. The van der Waals surface area contributed by atoms with E-state index in [1.165, 1.54) is 6.26 Å². The van der Waals surface area contributed by atoms with E-state index in [-0.39, 0.29) is 36.7 Å². The molecule has 0 aliphatic heterocycles. The maximum atomic E-state index is 12.2. The lowest BCUT2D eigenvalue weighted by molar-refractivity contribution is -0.123. The van der Waals surface area contributed by atoms with Gasteiger partial charge in [0.05, 0.1) is 6.26 Å². The van der Waals surface area contributed by atoms with Crippen molar-refractivity contribution in [1.82, 2.24) is 5.32 Å². The van der Waals surface area contributed by atoms with Crippen molar-refractivity contribution in [3.8, 4) is 11.5 Å². The van der Waals surface area contributed by atoms with Gasteiger partial charge in [-0.15, -0.1) is 0 Å². The standard InChI is InChI=1S/C23H23N3O6/c1-2-24-21(27)14-31-18-8-3-6-16(12-18)25-22(28)15-32-19-9-4-7-17(13-19)26-23(29)20-10-5-11-30-20/h3-13H,2,14-15H2,1H3,(H,24,27)(H,25,28)(H,26,29). The van der Waals surface area contributed by atoms with Gasteiger partial charge in [-0.3, -0.25) is 14.4 Å². The summed E-state index contributed by atoms with van der Waals surface area (Å²) in [6, 6.07) is 16.5. The normalized spacial score (nSPS) is 10.2. The number of nitrogens with one attached hydrogen (secondary N) is 3. The average Bonchev–Trinajstić information content (AvgIpc) is 3.32. The molecule has 0 fully saturated rings. The minimum atomic E-state index is -0.390. The molecule has 3 rings (SSSR count). The van der Waals surface area contributed by atoms with Gasteiger partial charge in [-0.1, -0.05) is 12.1 Å². The van der Waals surface area contributed by atoms with Crippen molar-refractivity contribution in [1.29, 1.82) is 0 Å². The first-order chi connectivity index (χ1) is 15.5. The van der Waals surface area contributed by atoms with E-state index in [0.29, 0.717) is 29.4 Å². The van der Waals surface area contributed by atoms with Crippen molar-refractivity contribution < 1.29 is 28.3 Å². The number of hydrogen-bond acceptors (Lipinski definition) is 6. The van der Waals surface area contributed by atoms with Gasteiger partial charge in [-0.05, 0) is 43.3 Å². The van der Waals surface area contributed by atoms with Crippen LogP contribution < -0.4 is 25.4 Å². The zero-order chi connectivity index (χ0) is 22.8. The van der Waals surface area contributed by atoms with Crippen LogP contribution in [0, 0.1) is 0 Å². The molecule has 0 aliphatic rings. The Morgan fingerprint density at radius 2 is 1.44 bits per heavy atom. The Bertz CT molecular complexity index is 1070. The fraction of sp³-hybridized carbons (Fsp3) is 0.174. The minimum absolute atomic E-state index is 0.110. The highest BCUT2D eigenvalue weighted by Gasteiger charge is 2.10. The molecule has 1 heterocycles. The van der Waals surface area contributed by atoms with Crippen LogP contribution in [0.25, 0.3) is 0 Å². The molecule has 9 nitrogen and oxygen atoms in total. The largest absolute Gasteiger partial charge is 0.484 e. The molecule has 32 heavy (non-hydrogen) atoms. The van der Waals surface area contributed by atoms with E-state index in [2.05, 4.69) is 16.0 Å². The van der Waals surface area contributed by atoms with E-state index in [1.807, 2.05) is 6.92 Å². The molecule has 0 bridgehead atoms. The summed E-state index contributed by atoms with van der Waals surface area (Å²) in [6.45, 7) is 2.00. The Morgan fingerprint density at radius 1 is 0.812 bits per heavy atom. The van der Waals surface area contributed by atoms with Gasteiger partial charge in [-0.2, -0.15) is 0 Å². The third-order valence-electron chi connectivity index (χ3n) is 4.07. The van der Waals surface area contributed by atoms with E-state index < -0.39 is 0 Å². The molecular weight excluding hydrogens is 414 g/mol. The topological polar surface area (TPSA) is 119 Å². The Balaban J connectivity index is 1.49. The Labute approximate surface area is 184 Å². The molecule has 166 valence electrons. The number of likely N-dealkylation sites (N-methyl/N-ethyl adjacent to an activating group) is 1. The highest BCUT2D eigenvalue weighted by atomic mass is 16.5. The fourth-order valence-electron chi connectivity index (χ4n) is 2.67. The summed E-state index contributed by atoms with van der Waals surface area (Å²) >= 11 is 0. The number of furan rings is 1.